The fraction of sp³-hybridized carbons (Fsp3) is 0.652. The summed E-state index contributed by atoms with van der Waals surface area (Å²) in [6.45, 7) is 10.9. The second kappa shape index (κ2) is 4.86. The summed E-state index contributed by atoms with van der Waals surface area (Å²) in [6.07, 6.45) is 8.18. The van der Waals surface area contributed by atoms with Crippen LogP contribution in [0, 0.1) is 23.7 Å². The summed E-state index contributed by atoms with van der Waals surface area (Å²) in [4.78, 5) is 18.2. The molecule has 5 fully saturated rings. The minimum absolute atomic E-state index is 0.00331. The van der Waals surface area contributed by atoms with Crippen molar-refractivity contribution in [3.63, 3.8) is 0 Å². The van der Waals surface area contributed by atoms with Crippen LogP contribution in [0.1, 0.15) is 69.7 Å². The van der Waals surface area contributed by atoms with E-state index in [2.05, 4.69) is 38.6 Å². The number of carbonyl (C=O) groups is 1. The van der Waals surface area contributed by atoms with Crippen molar-refractivity contribution in [2.45, 2.75) is 76.4 Å². The van der Waals surface area contributed by atoms with Gasteiger partial charge in [0.1, 0.15) is 5.78 Å². The molecule has 6 atom stereocenters. The Kier molecular flexibility index (Phi) is 3.12. The normalized spacial score (nSPS) is 49.1. The van der Waals surface area contributed by atoms with Crippen molar-refractivity contribution in [1.29, 1.82) is 0 Å². The van der Waals surface area contributed by atoms with E-state index in [1.165, 1.54) is 6.42 Å². The highest BCUT2D eigenvalue weighted by atomic mass is 16.5. The molecular formula is C23H29NO2. The average molecular weight is 351 g/mol. The van der Waals surface area contributed by atoms with Crippen LogP contribution in [0.4, 0.5) is 0 Å². The van der Waals surface area contributed by atoms with E-state index in [0.29, 0.717) is 12.2 Å². The molecule has 26 heavy (non-hydrogen) atoms. The second-order valence-electron chi connectivity index (χ2n) is 9.60. The number of rotatable bonds is 2. The van der Waals surface area contributed by atoms with Gasteiger partial charge in [0, 0.05) is 34.6 Å². The molecular weight excluding hydrogens is 322 g/mol. The number of hydrogen-bond donors (Lipinski definition) is 0. The monoisotopic (exact) mass is 351 g/mol. The maximum Gasteiger partial charge on any atom is 0.142 e. The molecule has 0 N–H and O–H groups in total. The first kappa shape index (κ1) is 16.7. The van der Waals surface area contributed by atoms with E-state index in [9.17, 15) is 4.79 Å². The number of ketones is 1. The summed E-state index contributed by atoms with van der Waals surface area (Å²) in [7, 11) is 0. The molecule has 2 saturated heterocycles. The number of allylic oxidation sites excluding steroid dienone is 1. The predicted octanol–water partition coefficient (Wildman–Crippen LogP) is 4.75. The molecule has 0 aromatic carbocycles. The summed E-state index contributed by atoms with van der Waals surface area (Å²) in [5.41, 5.74) is 1.13. The minimum Gasteiger partial charge on any atom is -0.366 e. The van der Waals surface area contributed by atoms with Crippen molar-refractivity contribution in [1.82, 2.24) is 4.98 Å². The lowest BCUT2D eigenvalue weighted by atomic mass is 9.41. The van der Waals surface area contributed by atoms with Crippen molar-refractivity contribution in [3.05, 3.63) is 42.2 Å². The van der Waals surface area contributed by atoms with E-state index in [-0.39, 0.29) is 28.3 Å². The van der Waals surface area contributed by atoms with Gasteiger partial charge in [-0.3, -0.25) is 9.78 Å². The topological polar surface area (TPSA) is 39.2 Å². The Morgan fingerprint density at radius 1 is 1.27 bits per heavy atom. The van der Waals surface area contributed by atoms with Crippen LogP contribution in [-0.2, 0) is 9.53 Å². The van der Waals surface area contributed by atoms with E-state index in [1.54, 1.807) is 0 Å². The van der Waals surface area contributed by atoms with Crippen LogP contribution in [0.3, 0.4) is 0 Å². The molecule has 3 unspecified atom stereocenters. The van der Waals surface area contributed by atoms with E-state index >= 15 is 0 Å². The zero-order chi connectivity index (χ0) is 18.4. The fourth-order valence-corrected chi connectivity index (χ4v) is 7.57. The van der Waals surface area contributed by atoms with Gasteiger partial charge >= 0.3 is 0 Å². The van der Waals surface area contributed by atoms with Crippen molar-refractivity contribution < 1.29 is 9.53 Å². The van der Waals surface area contributed by atoms with Gasteiger partial charge in [0.05, 0.1) is 17.1 Å². The molecule has 3 heterocycles. The molecule has 3 aliphatic carbocycles. The van der Waals surface area contributed by atoms with Gasteiger partial charge in [-0.15, -0.1) is 6.58 Å². The van der Waals surface area contributed by atoms with Gasteiger partial charge < -0.3 is 4.74 Å². The highest BCUT2D eigenvalue weighted by molar-refractivity contribution is 5.88. The minimum atomic E-state index is -0.471. The third-order valence-corrected chi connectivity index (χ3v) is 8.69. The average Bonchev–Trinajstić information content (AvgIpc) is 2.84. The third kappa shape index (κ3) is 1.61. The number of nitrogens with zero attached hydrogens (tertiary/aromatic N) is 1. The third-order valence-electron chi connectivity index (χ3n) is 8.69. The van der Waals surface area contributed by atoms with Crippen LogP contribution in [-0.4, -0.2) is 22.0 Å². The van der Waals surface area contributed by atoms with Crippen LogP contribution in [0.25, 0.3) is 0 Å². The summed E-state index contributed by atoms with van der Waals surface area (Å²) in [5, 5.41) is 0. The number of aryl methyl sites for hydroxylation is 1. The molecule has 6 rings (SSSR count). The zero-order valence-corrected chi connectivity index (χ0v) is 16.2. The standard InChI is InChI=1S/C23H29NO2/c1-5-22-13-16(17-10-8-9-15(2)24-17)21(4)19(22)18(25)14-23(26-21)12-7-6-11-20(22,23)3/h5,8-10,16,19H,1,6-7,11-14H2,2-4H3/t16-,19+,20?,21?,22-,23?/m1/s1. The molecule has 1 aromatic heterocycles. The van der Waals surface area contributed by atoms with Crippen molar-refractivity contribution in [2.75, 3.05) is 0 Å². The Morgan fingerprint density at radius 3 is 2.77 bits per heavy atom. The second-order valence-corrected chi connectivity index (χ2v) is 9.60. The molecule has 4 bridgehead atoms. The lowest BCUT2D eigenvalue weighted by molar-refractivity contribution is -0.314. The number of carbonyl (C=O) groups excluding carboxylic acids is 1. The molecule has 3 heteroatoms. The molecule has 5 aliphatic rings. The lowest BCUT2D eigenvalue weighted by Crippen LogP contribution is -2.74. The Labute approximate surface area is 156 Å². The van der Waals surface area contributed by atoms with Crippen LogP contribution in [0.15, 0.2) is 30.9 Å². The molecule has 1 spiro atoms. The number of hydrogen-bond acceptors (Lipinski definition) is 3. The Balaban J connectivity index is 1.75. The van der Waals surface area contributed by atoms with Gasteiger partial charge in [0.2, 0.25) is 0 Å². The molecule has 0 amide bonds. The number of pyridine rings is 1. The predicted molar refractivity (Wildman–Crippen MR) is 101 cm³/mol. The molecule has 2 aliphatic heterocycles. The Bertz CT molecular complexity index is 818. The van der Waals surface area contributed by atoms with Crippen LogP contribution < -0.4 is 0 Å². The highest BCUT2D eigenvalue weighted by Gasteiger charge is 2.81. The van der Waals surface area contributed by atoms with Crippen molar-refractivity contribution >= 4 is 5.78 Å². The van der Waals surface area contributed by atoms with Gasteiger partial charge in [-0.1, -0.05) is 31.9 Å². The van der Waals surface area contributed by atoms with E-state index in [4.69, 9.17) is 9.72 Å². The maximum atomic E-state index is 13.4. The molecule has 3 nitrogen and oxygen atoms in total. The highest BCUT2D eigenvalue weighted by Crippen LogP contribution is 2.78. The van der Waals surface area contributed by atoms with Gasteiger partial charge in [0.15, 0.2) is 0 Å². The van der Waals surface area contributed by atoms with Crippen LogP contribution in [0.5, 0.6) is 0 Å². The Hall–Kier alpha value is -1.48. The number of fused-ring (bicyclic) bond motifs is 1. The van der Waals surface area contributed by atoms with Gasteiger partial charge in [-0.25, -0.2) is 0 Å². The first-order valence-corrected chi connectivity index (χ1v) is 10.1. The summed E-state index contributed by atoms with van der Waals surface area (Å²) >= 11 is 0. The fourth-order valence-electron chi connectivity index (χ4n) is 7.57. The van der Waals surface area contributed by atoms with E-state index in [0.717, 1.165) is 37.1 Å². The Morgan fingerprint density at radius 2 is 2.04 bits per heavy atom. The van der Waals surface area contributed by atoms with Crippen LogP contribution >= 0.6 is 0 Å². The number of aromatic nitrogens is 1. The van der Waals surface area contributed by atoms with Gasteiger partial charge in [-0.05, 0) is 45.2 Å². The largest absolute Gasteiger partial charge is 0.366 e. The maximum absolute atomic E-state index is 13.4. The number of Topliss-reactive ketones (excluding diaryl/α,β-unsaturated/α-hetero) is 1. The van der Waals surface area contributed by atoms with E-state index < -0.39 is 5.60 Å². The quantitative estimate of drug-likeness (QED) is 0.722. The SMILES string of the molecule is C=C[C@]12C[C@H](c3cccc(C)n3)C3(C)OC4(CCCCC41C)CC(=O)[C@@H]32. The molecule has 138 valence electrons. The molecule has 0 radical (unpaired) electrons. The van der Waals surface area contributed by atoms with Crippen molar-refractivity contribution in [3.8, 4) is 0 Å². The summed E-state index contributed by atoms with van der Waals surface area (Å²) in [6, 6.07) is 6.23. The van der Waals surface area contributed by atoms with Gasteiger partial charge in [0.25, 0.3) is 0 Å². The number of ether oxygens (including phenoxy) is 1. The first-order chi connectivity index (χ1) is 12.3. The summed E-state index contributed by atoms with van der Waals surface area (Å²) < 4.78 is 7.05. The lowest BCUT2D eigenvalue weighted by Gasteiger charge is -2.70. The molecule has 1 aromatic rings. The van der Waals surface area contributed by atoms with Crippen molar-refractivity contribution in [2.24, 2.45) is 16.7 Å². The summed E-state index contributed by atoms with van der Waals surface area (Å²) in [5.74, 6) is 0.451. The molecule has 3 saturated carbocycles. The zero-order valence-electron chi connectivity index (χ0n) is 16.2. The van der Waals surface area contributed by atoms with Gasteiger partial charge in [-0.2, -0.15) is 0 Å². The first-order valence-electron chi connectivity index (χ1n) is 10.1. The smallest absolute Gasteiger partial charge is 0.142 e. The van der Waals surface area contributed by atoms with E-state index in [1.807, 2.05) is 13.0 Å². The van der Waals surface area contributed by atoms with Crippen LogP contribution in [0.2, 0.25) is 0 Å².